The normalized spacial score (nSPS) is 13.2. The van der Waals surface area contributed by atoms with Crippen LogP contribution in [0.2, 0.25) is 5.02 Å². The number of alkyl halides is 1. The van der Waals surface area contributed by atoms with Gasteiger partial charge in [0.2, 0.25) is 5.91 Å². The first kappa shape index (κ1) is 16.6. The van der Waals surface area contributed by atoms with Crippen molar-refractivity contribution in [2.24, 2.45) is 0 Å². The molecule has 2 aromatic rings. The summed E-state index contributed by atoms with van der Waals surface area (Å²) in [6, 6.07) is 12.4. The molecular weight excluding hydrogens is 351 g/mol. The zero-order chi connectivity index (χ0) is 17.1. The van der Waals surface area contributed by atoms with E-state index in [-0.39, 0.29) is 24.3 Å². The second-order valence-corrected chi connectivity index (χ2v) is 5.90. The van der Waals surface area contributed by atoms with E-state index in [2.05, 4.69) is 5.32 Å². The quantitative estimate of drug-likeness (QED) is 0.845. The van der Waals surface area contributed by atoms with E-state index in [1.54, 1.807) is 29.2 Å². The van der Waals surface area contributed by atoms with Gasteiger partial charge >= 0.3 is 0 Å². The molecule has 0 saturated heterocycles. The molecule has 0 saturated carbocycles. The number of fused-ring (bicyclic) bond motifs is 1. The lowest BCUT2D eigenvalue weighted by molar-refractivity contribution is -0.121. The van der Waals surface area contributed by atoms with Crippen molar-refractivity contribution in [1.82, 2.24) is 0 Å². The van der Waals surface area contributed by atoms with E-state index < -0.39 is 0 Å². The van der Waals surface area contributed by atoms with Gasteiger partial charge in [-0.15, -0.1) is 11.6 Å². The highest BCUT2D eigenvalue weighted by Gasteiger charge is 2.26. The van der Waals surface area contributed by atoms with E-state index in [9.17, 15) is 9.59 Å². The molecule has 0 spiro atoms. The predicted molar refractivity (Wildman–Crippen MR) is 93.9 cm³/mol. The lowest BCUT2D eigenvalue weighted by Gasteiger charge is -2.30. The highest BCUT2D eigenvalue weighted by atomic mass is 35.5. The fourth-order valence-corrected chi connectivity index (χ4v) is 2.71. The van der Waals surface area contributed by atoms with Gasteiger partial charge < -0.3 is 15.0 Å². The molecule has 3 rings (SSSR count). The standard InChI is InChI=1S/C17H14Cl2N2O3/c18-8-16(22)20-12-5-6-15-14(7-12)21(17(23)10-24-15)9-11-3-1-2-4-13(11)19/h1-7H,8-10H2,(H,20,22). The Morgan fingerprint density at radius 3 is 2.79 bits per heavy atom. The molecule has 0 bridgehead atoms. The Labute approximate surface area is 149 Å². The van der Waals surface area contributed by atoms with Gasteiger partial charge in [0.05, 0.1) is 12.2 Å². The minimum atomic E-state index is -0.322. The first-order valence-electron chi connectivity index (χ1n) is 7.25. The smallest absolute Gasteiger partial charge is 0.265 e. The Bertz CT molecular complexity index is 795. The Kier molecular flexibility index (Phi) is 4.92. The largest absolute Gasteiger partial charge is 0.482 e. The summed E-state index contributed by atoms with van der Waals surface area (Å²) in [5.74, 6) is -0.0679. The van der Waals surface area contributed by atoms with E-state index in [4.69, 9.17) is 27.9 Å². The van der Waals surface area contributed by atoms with Crippen LogP contribution >= 0.6 is 23.2 Å². The fourth-order valence-electron chi connectivity index (χ4n) is 2.44. The zero-order valence-electron chi connectivity index (χ0n) is 12.6. The monoisotopic (exact) mass is 364 g/mol. The molecular formula is C17H14Cl2N2O3. The van der Waals surface area contributed by atoms with Crippen LogP contribution in [0.5, 0.6) is 5.75 Å². The average Bonchev–Trinajstić information content (AvgIpc) is 2.59. The third-order valence-electron chi connectivity index (χ3n) is 3.59. The van der Waals surface area contributed by atoms with Crippen molar-refractivity contribution in [2.45, 2.75) is 6.54 Å². The minimum absolute atomic E-state index is 0.0369. The van der Waals surface area contributed by atoms with Crippen LogP contribution in [0.3, 0.4) is 0 Å². The van der Waals surface area contributed by atoms with Crippen LogP contribution in [0, 0.1) is 0 Å². The lowest BCUT2D eigenvalue weighted by atomic mass is 10.1. The molecule has 124 valence electrons. The number of ether oxygens (including phenoxy) is 1. The Hall–Kier alpha value is -2.24. The van der Waals surface area contributed by atoms with Crippen LogP contribution < -0.4 is 15.0 Å². The van der Waals surface area contributed by atoms with Crippen LogP contribution in [0.1, 0.15) is 5.56 Å². The summed E-state index contributed by atoms with van der Waals surface area (Å²) < 4.78 is 5.46. The summed E-state index contributed by atoms with van der Waals surface area (Å²) in [4.78, 5) is 25.4. The van der Waals surface area contributed by atoms with Crippen molar-refractivity contribution < 1.29 is 14.3 Å². The topological polar surface area (TPSA) is 58.6 Å². The highest BCUT2D eigenvalue weighted by molar-refractivity contribution is 6.31. The molecule has 0 atom stereocenters. The number of carbonyl (C=O) groups excluding carboxylic acids is 2. The van der Waals surface area contributed by atoms with Gasteiger partial charge in [0.15, 0.2) is 6.61 Å². The van der Waals surface area contributed by atoms with Crippen LogP contribution in [0.25, 0.3) is 0 Å². The Balaban J connectivity index is 1.93. The average molecular weight is 365 g/mol. The third-order valence-corrected chi connectivity index (χ3v) is 4.20. The van der Waals surface area contributed by atoms with Gasteiger partial charge in [0, 0.05) is 10.7 Å². The molecule has 0 aromatic heterocycles. The molecule has 5 nitrogen and oxygen atoms in total. The third kappa shape index (κ3) is 3.47. The molecule has 0 unspecified atom stereocenters. The first-order valence-corrected chi connectivity index (χ1v) is 8.16. The molecule has 0 aliphatic carbocycles. The van der Waals surface area contributed by atoms with E-state index in [1.807, 2.05) is 18.2 Å². The summed E-state index contributed by atoms with van der Waals surface area (Å²) in [6.45, 7) is 0.284. The molecule has 1 heterocycles. The number of hydrogen-bond donors (Lipinski definition) is 1. The van der Waals surface area contributed by atoms with Crippen LogP contribution in [-0.2, 0) is 16.1 Å². The lowest BCUT2D eigenvalue weighted by Crippen LogP contribution is -2.38. The molecule has 0 radical (unpaired) electrons. The van der Waals surface area contributed by atoms with E-state index >= 15 is 0 Å². The second-order valence-electron chi connectivity index (χ2n) is 5.22. The minimum Gasteiger partial charge on any atom is -0.482 e. The number of anilines is 2. The maximum Gasteiger partial charge on any atom is 0.265 e. The maximum absolute atomic E-state index is 12.3. The van der Waals surface area contributed by atoms with E-state index in [0.717, 1.165) is 5.56 Å². The van der Waals surface area contributed by atoms with Crippen LogP contribution in [0.15, 0.2) is 42.5 Å². The number of halogens is 2. The van der Waals surface area contributed by atoms with E-state index in [0.29, 0.717) is 28.7 Å². The highest BCUT2D eigenvalue weighted by Crippen LogP contribution is 2.36. The zero-order valence-corrected chi connectivity index (χ0v) is 14.1. The number of nitrogens with zero attached hydrogens (tertiary/aromatic N) is 1. The van der Waals surface area contributed by atoms with Gasteiger partial charge in [-0.3, -0.25) is 9.59 Å². The molecule has 7 heteroatoms. The van der Waals surface area contributed by atoms with Crippen molar-refractivity contribution >= 4 is 46.4 Å². The maximum atomic E-state index is 12.3. The molecule has 0 fully saturated rings. The summed E-state index contributed by atoms with van der Waals surface area (Å²) in [7, 11) is 0. The Morgan fingerprint density at radius 2 is 2.04 bits per heavy atom. The molecule has 2 aromatic carbocycles. The summed E-state index contributed by atoms with van der Waals surface area (Å²) in [5, 5.41) is 3.25. The van der Waals surface area contributed by atoms with Gasteiger partial charge in [-0.25, -0.2) is 0 Å². The summed E-state index contributed by atoms with van der Waals surface area (Å²) in [5.41, 5.74) is 1.95. The van der Waals surface area contributed by atoms with Gasteiger partial charge in [-0.05, 0) is 29.8 Å². The second kappa shape index (κ2) is 7.11. The number of benzene rings is 2. The number of carbonyl (C=O) groups is 2. The van der Waals surface area contributed by atoms with Crippen molar-refractivity contribution in [3.8, 4) is 5.75 Å². The van der Waals surface area contributed by atoms with Crippen LogP contribution in [0.4, 0.5) is 11.4 Å². The predicted octanol–water partition coefficient (Wildman–Crippen LogP) is 3.44. The SMILES string of the molecule is O=C(CCl)Nc1ccc2c(c1)N(Cc1ccccc1Cl)C(=O)CO2. The van der Waals surface area contributed by atoms with Gasteiger partial charge in [0.1, 0.15) is 11.6 Å². The number of hydrogen-bond acceptors (Lipinski definition) is 3. The van der Waals surface area contributed by atoms with Gasteiger partial charge in [-0.1, -0.05) is 29.8 Å². The number of nitrogens with one attached hydrogen (secondary N) is 1. The van der Waals surface area contributed by atoms with Crippen molar-refractivity contribution in [1.29, 1.82) is 0 Å². The van der Waals surface area contributed by atoms with Crippen LogP contribution in [-0.4, -0.2) is 24.3 Å². The molecule has 2 amide bonds. The first-order chi connectivity index (χ1) is 11.6. The summed E-state index contributed by atoms with van der Waals surface area (Å²) >= 11 is 11.7. The molecule has 1 aliphatic rings. The number of rotatable bonds is 4. The fraction of sp³-hybridized carbons (Fsp3) is 0.176. The van der Waals surface area contributed by atoms with Crippen molar-refractivity contribution in [2.75, 3.05) is 22.7 Å². The molecule has 1 N–H and O–H groups in total. The van der Waals surface area contributed by atoms with Gasteiger partial charge in [0.25, 0.3) is 5.91 Å². The van der Waals surface area contributed by atoms with Gasteiger partial charge in [-0.2, -0.15) is 0 Å². The molecule has 1 aliphatic heterocycles. The Morgan fingerprint density at radius 1 is 1.25 bits per heavy atom. The van der Waals surface area contributed by atoms with E-state index in [1.165, 1.54) is 0 Å². The summed E-state index contributed by atoms with van der Waals surface area (Å²) in [6.07, 6.45) is 0. The van der Waals surface area contributed by atoms with Crippen molar-refractivity contribution in [3.05, 3.63) is 53.1 Å². The molecule has 24 heavy (non-hydrogen) atoms. The number of amides is 2. The van der Waals surface area contributed by atoms with Crippen molar-refractivity contribution in [3.63, 3.8) is 0 Å².